The second-order valence-corrected chi connectivity index (χ2v) is 6.35. The zero-order valence-corrected chi connectivity index (χ0v) is 14.4. The highest BCUT2D eigenvalue weighted by atomic mass is 16.5. The van der Waals surface area contributed by atoms with E-state index in [9.17, 15) is 4.79 Å². The van der Waals surface area contributed by atoms with Gasteiger partial charge in [-0.05, 0) is 50.1 Å². The van der Waals surface area contributed by atoms with Crippen LogP contribution in [0.3, 0.4) is 0 Å². The maximum absolute atomic E-state index is 12.2. The first-order valence-electron chi connectivity index (χ1n) is 8.62. The summed E-state index contributed by atoms with van der Waals surface area (Å²) in [4.78, 5) is 12.2. The second-order valence-electron chi connectivity index (χ2n) is 6.35. The van der Waals surface area contributed by atoms with Gasteiger partial charge in [-0.15, -0.1) is 10.2 Å². The van der Waals surface area contributed by atoms with Gasteiger partial charge in [0.1, 0.15) is 6.10 Å². The summed E-state index contributed by atoms with van der Waals surface area (Å²) in [5.74, 6) is 0.758. The van der Waals surface area contributed by atoms with Crippen LogP contribution in [-0.2, 0) is 9.53 Å². The van der Waals surface area contributed by atoms with Crippen molar-refractivity contribution >= 4 is 11.6 Å². The van der Waals surface area contributed by atoms with Crippen LogP contribution in [-0.4, -0.2) is 28.8 Å². The van der Waals surface area contributed by atoms with E-state index in [2.05, 4.69) is 15.5 Å². The highest BCUT2D eigenvalue weighted by Crippen LogP contribution is 2.26. The Morgan fingerprint density at radius 3 is 2.58 bits per heavy atom. The summed E-state index contributed by atoms with van der Waals surface area (Å²) in [5, 5.41) is 11.1. The van der Waals surface area contributed by atoms with Crippen LogP contribution in [0.25, 0.3) is 22.9 Å². The molecule has 26 heavy (non-hydrogen) atoms. The van der Waals surface area contributed by atoms with Crippen molar-refractivity contribution < 1.29 is 13.9 Å². The van der Waals surface area contributed by atoms with Crippen molar-refractivity contribution in [1.82, 2.24) is 10.2 Å². The van der Waals surface area contributed by atoms with Crippen molar-refractivity contribution in [3.63, 3.8) is 0 Å². The van der Waals surface area contributed by atoms with Crippen molar-refractivity contribution in [3.8, 4) is 22.9 Å². The quantitative estimate of drug-likeness (QED) is 0.774. The largest absolute Gasteiger partial charge is 0.416 e. The van der Waals surface area contributed by atoms with Crippen molar-refractivity contribution in [3.05, 3.63) is 54.1 Å². The number of aromatic nitrogens is 2. The smallest absolute Gasteiger partial charge is 0.253 e. The van der Waals surface area contributed by atoms with Gasteiger partial charge in [-0.3, -0.25) is 4.79 Å². The molecule has 3 aromatic rings. The molecule has 6 heteroatoms. The lowest BCUT2D eigenvalue weighted by Gasteiger charge is -2.10. The molecule has 0 radical (unpaired) electrons. The number of rotatable bonds is 4. The molecule has 6 nitrogen and oxygen atoms in total. The van der Waals surface area contributed by atoms with E-state index in [1.54, 1.807) is 0 Å². The number of carbonyl (C=O) groups excluding carboxylic acids is 1. The predicted octanol–water partition coefficient (Wildman–Crippen LogP) is 3.83. The molecule has 0 spiro atoms. The first kappa shape index (κ1) is 16.5. The first-order valence-corrected chi connectivity index (χ1v) is 8.62. The van der Waals surface area contributed by atoms with Crippen LogP contribution < -0.4 is 5.32 Å². The molecule has 0 unspecified atom stereocenters. The molecule has 1 aliphatic rings. The molecule has 1 aliphatic heterocycles. The summed E-state index contributed by atoms with van der Waals surface area (Å²) in [7, 11) is 0. The molecule has 2 aromatic carbocycles. The highest BCUT2D eigenvalue weighted by molar-refractivity contribution is 5.94. The fourth-order valence-corrected chi connectivity index (χ4v) is 2.89. The molecule has 4 rings (SSSR count). The summed E-state index contributed by atoms with van der Waals surface area (Å²) in [5.41, 5.74) is 3.47. The molecule has 1 amide bonds. The molecular weight excluding hydrogens is 330 g/mol. The fraction of sp³-hybridized carbons (Fsp3) is 0.250. The van der Waals surface area contributed by atoms with E-state index in [0.29, 0.717) is 24.1 Å². The summed E-state index contributed by atoms with van der Waals surface area (Å²) in [6.07, 6.45) is 1.31. The molecular formula is C20H19N3O3. The molecule has 1 fully saturated rings. The van der Waals surface area contributed by atoms with Gasteiger partial charge in [-0.2, -0.15) is 0 Å². The SMILES string of the molecule is Cc1ccc(-c2nnc(-c3cccc(NC(=O)[C@H]4CCCO4)c3)o2)cc1. The third-order valence-electron chi connectivity index (χ3n) is 4.32. The number of anilines is 1. The van der Waals surface area contributed by atoms with Crippen molar-refractivity contribution in [2.45, 2.75) is 25.9 Å². The minimum Gasteiger partial charge on any atom is -0.416 e. The molecule has 1 atom stereocenters. The number of aryl methyl sites for hydroxylation is 1. The summed E-state index contributed by atoms with van der Waals surface area (Å²) < 4.78 is 11.2. The van der Waals surface area contributed by atoms with Crippen molar-refractivity contribution in [2.75, 3.05) is 11.9 Å². The number of nitrogens with one attached hydrogen (secondary N) is 1. The first-order chi connectivity index (χ1) is 12.7. The van der Waals surface area contributed by atoms with Gasteiger partial charge in [0.25, 0.3) is 5.91 Å². The number of amides is 1. The Balaban J connectivity index is 1.53. The summed E-state index contributed by atoms with van der Waals surface area (Å²) in [6, 6.07) is 15.3. The van der Waals surface area contributed by atoms with E-state index in [1.165, 1.54) is 5.56 Å². The van der Waals surface area contributed by atoms with Gasteiger partial charge < -0.3 is 14.5 Å². The van der Waals surface area contributed by atoms with Gasteiger partial charge in [0.15, 0.2) is 0 Å². The fourth-order valence-electron chi connectivity index (χ4n) is 2.89. The number of benzene rings is 2. The molecule has 1 N–H and O–H groups in total. The van der Waals surface area contributed by atoms with E-state index in [-0.39, 0.29) is 12.0 Å². The highest BCUT2D eigenvalue weighted by Gasteiger charge is 2.23. The van der Waals surface area contributed by atoms with E-state index in [4.69, 9.17) is 9.15 Å². The normalized spacial score (nSPS) is 16.6. The Hall–Kier alpha value is -2.99. The van der Waals surface area contributed by atoms with Gasteiger partial charge in [-0.1, -0.05) is 23.8 Å². The Labute approximate surface area is 151 Å². The van der Waals surface area contributed by atoms with Crippen LogP contribution in [0, 0.1) is 6.92 Å². The van der Waals surface area contributed by atoms with Gasteiger partial charge in [0.2, 0.25) is 11.8 Å². The monoisotopic (exact) mass is 349 g/mol. The zero-order chi connectivity index (χ0) is 17.9. The van der Waals surface area contributed by atoms with Crippen LogP contribution in [0.4, 0.5) is 5.69 Å². The molecule has 2 heterocycles. The zero-order valence-electron chi connectivity index (χ0n) is 14.4. The van der Waals surface area contributed by atoms with E-state index in [0.717, 1.165) is 24.0 Å². The number of hydrogen-bond donors (Lipinski definition) is 1. The molecule has 1 saturated heterocycles. The van der Waals surface area contributed by atoms with Crippen molar-refractivity contribution in [2.24, 2.45) is 0 Å². The van der Waals surface area contributed by atoms with Gasteiger partial charge in [-0.25, -0.2) is 0 Å². The number of nitrogens with zero attached hydrogens (tertiary/aromatic N) is 2. The predicted molar refractivity (Wildman–Crippen MR) is 97.5 cm³/mol. The van der Waals surface area contributed by atoms with Crippen LogP contribution in [0.1, 0.15) is 18.4 Å². The molecule has 0 aliphatic carbocycles. The minimum absolute atomic E-state index is 0.120. The maximum Gasteiger partial charge on any atom is 0.253 e. The Morgan fingerprint density at radius 2 is 1.85 bits per heavy atom. The molecule has 1 aromatic heterocycles. The van der Waals surface area contributed by atoms with Crippen molar-refractivity contribution in [1.29, 1.82) is 0 Å². The van der Waals surface area contributed by atoms with Gasteiger partial charge >= 0.3 is 0 Å². The van der Waals surface area contributed by atoms with E-state index >= 15 is 0 Å². The third-order valence-corrected chi connectivity index (χ3v) is 4.32. The van der Waals surface area contributed by atoms with E-state index < -0.39 is 0 Å². The summed E-state index contributed by atoms with van der Waals surface area (Å²) >= 11 is 0. The van der Waals surface area contributed by atoms with Gasteiger partial charge in [0, 0.05) is 23.4 Å². The topological polar surface area (TPSA) is 77.2 Å². The number of hydrogen-bond acceptors (Lipinski definition) is 5. The second kappa shape index (κ2) is 7.09. The minimum atomic E-state index is -0.366. The Morgan fingerprint density at radius 1 is 1.08 bits per heavy atom. The average molecular weight is 349 g/mol. The number of carbonyl (C=O) groups is 1. The van der Waals surface area contributed by atoms with Crippen LogP contribution in [0.15, 0.2) is 52.9 Å². The lowest BCUT2D eigenvalue weighted by Crippen LogP contribution is -2.26. The average Bonchev–Trinajstić information content (AvgIpc) is 3.35. The maximum atomic E-state index is 12.2. The van der Waals surface area contributed by atoms with Crippen LogP contribution in [0.2, 0.25) is 0 Å². The Kier molecular flexibility index (Phi) is 4.50. The van der Waals surface area contributed by atoms with E-state index in [1.807, 2.05) is 55.5 Å². The molecule has 0 saturated carbocycles. The lowest BCUT2D eigenvalue weighted by atomic mass is 10.1. The third kappa shape index (κ3) is 3.50. The molecule has 0 bridgehead atoms. The standard InChI is InChI=1S/C20H19N3O3/c1-13-7-9-14(10-8-13)19-22-23-20(26-19)15-4-2-5-16(12-15)21-18(24)17-6-3-11-25-17/h2,4-5,7-10,12,17H,3,6,11H2,1H3,(H,21,24)/t17-/m1/s1. The van der Waals surface area contributed by atoms with Crippen LogP contribution >= 0.6 is 0 Å². The Bertz CT molecular complexity index is 912. The molecule has 132 valence electrons. The lowest BCUT2D eigenvalue weighted by molar-refractivity contribution is -0.124. The summed E-state index contributed by atoms with van der Waals surface area (Å²) in [6.45, 7) is 2.67. The van der Waals surface area contributed by atoms with Gasteiger partial charge in [0.05, 0.1) is 0 Å². The number of ether oxygens (including phenoxy) is 1. The van der Waals surface area contributed by atoms with Crippen LogP contribution in [0.5, 0.6) is 0 Å².